The van der Waals surface area contributed by atoms with Gasteiger partial charge in [0.25, 0.3) is 0 Å². The molecule has 0 aromatic carbocycles. The first-order valence-electron chi connectivity index (χ1n) is 2.72. The Labute approximate surface area is 53.9 Å². The Bertz CT molecular complexity index is 103. The lowest BCUT2D eigenvalue weighted by Gasteiger charge is -2.16. The molecule has 0 saturated heterocycles. The maximum absolute atomic E-state index is 5.92. The fourth-order valence-corrected chi connectivity index (χ4v) is 0.729. The molecule has 1 unspecified atom stereocenters. The van der Waals surface area contributed by atoms with Gasteiger partial charge in [-0.25, -0.2) is 0 Å². The van der Waals surface area contributed by atoms with Crippen molar-refractivity contribution >= 4 is 17.9 Å². The van der Waals surface area contributed by atoms with Gasteiger partial charge in [-0.1, -0.05) is 18.5 Å². The Morgan fingerprint density at radius 2 is 2.75 bits per heavy atom. The van der Waals surface area contributed by atoms with E-state index in [1.165, 1.54) is 0 Å². The average Bonchev–Trinajstić information content (AvgIpc) is 2.17. The van der Waals surface area contributed by atoms with Crippen molar-refractivity contribution in [2.45, 2.75) is 18.3 Å². The maximum atomic E-state index is 5.92. The van der Waals surface area contributed by atoms with E-state index in [2.05, 4.69) is 10.3 Å². The molecule has 1 atom stereocenters. The Balaban J connectivity index is 2.46. The van der Waals surface area contributed by atoms with E-state index < -0.39 is 0 Å². The first kappa shape index (κ1) is 5.89. The fourth-order valence-electron chi connectivity index (χ4n) is 0.611. The van der Waals surface area contributed by atoms with Gasteiger partial charge in [-0.3, -0.25) is 4.99 Å². The van der Waals surface area contributed by atoms with E-state index in [9.17, 15) is 0 Å². The van der Waals surface area contributed by atoms with E-state index in [1.807, 2.05) is 6.92 Å². The molecule has 3 heteroatoms. The van der Waals surface area contributed by atoms with Crippen LogP contribution in [0.5, 0.6) is 0 Å². The van der Waals surface area contributed by atoms with E-state index in [0.29, 0.717) is 6.54 Å². The molecule has 8 heavy (non-hydrogen) atoms. The van der Waals surface area contributed by atoms with Crippen LogP contribution in [0.2, 0.25) is 0 Å². The zero-order valence-corrected chi connectivity index (χ0v) is 5.57. The normalized spacial score (nSPS) is 35.2. The minimum atomic E-state index is -0.264. The number of nitrogens with zero attached hydrogens (tertiary/aromatic N) is 1. The molecule has 1 aliphatic rings. The van der Waals surface area contributed by atoms with Gasteiger partial charge in [-0.05, 0) is 6.42 Å². The van der Waals surface area contributed by atoms with Crippen LogP contribution in [0.15, 0.2) is 4.99 Å². The molecule has 0 spiro atoms. The molecule has 0 saturated carbocycles. The monoisotopic (exact) mass is 132 g/mol. The lowest BCUT2D eigenvalue weighted by Crippen LogP contribution is -2.35. The van der Waals surface area contributed by atoms with Gasteiger partial charge in [0, 0.05) is 0 Å². The topological polar surface area (TPSA) is 24.4 Å². The standard InChI is InChI=1S/C5H9ClN2/c1-2-5(6)3-7-4-8-5/h4H,2-3H2,1H3,(H,7,8). The molecule has 1 heterocycles. The van der Waals surface area contributed by atoms with Crippen LogP contribution in [0.3, 0.4) is 0 Å². The zero-order valence-electron chi connectivity index (χ0n) is 4.82. The summed E-state index contributed by atoms with van der Waals surface area (Å²) in [5.41, 5.74) is 0. The minimum Gasteiger partial charge on any atom is -0.356 e. The van der Waals surface area contributed by atoms with Crippen molar-refractivity contribution in [2.75, 3.05) is 6.54 Å². The molecule has 0 aliphatic carbocycles. The summed E-state index contributed by atoms with van der Waals surface area (Å²) in [4.78, 5) is 3.68. The van der Waals surface area contributed by atoms with E-state index in [1.54, 1.807) is 6.34 Å². The molecule has 1 aliphatic heterocycles. The molecular weight excluding hydrogens is 124 g/mol. The summed E-state index contributed by atoms with van der Waals surface area (Å²) in [5, 5.41) is 2.96. The van der Waals surface area contributed by atoms with Crippen molar-refractivity contribution in [3.05, 3.63) is 0 Å². The van der Waals surface area contributed by atoms with Crippen molar-refractivity contribution in [1.29, 1.82) is 0 Å². The molecule has 46 valence electrons. The summed E-state index contributed by atoms with van der Waals surface area (Å²) < 4.78 is 0. The van der Waals surface area contributed by atoms with Crippen LogP contribution in [-0.2, 0) is 0 Å². The Morgan fingerprint density at radius 1 is 2.00 bits per heavy atom. The second-order valence-electron chi connectivity index (χ2n) is 1.93. The van der Waals surface area contributed by atoms with Crippen LogP contribution in [0.4, 0.5) is 0 Å². The third-order valence-electron chi connectivity index (χ3n) is 1.32. The van der Waals surface area contributed by atoms with E-state index in [-0.39, 0.29) is 5.00 Å². The Kier molecular flexibility index (Phi) is 1.43. The van der Waals surface area contributed by atoms with Gasteiger partial charge in [0.15, 0.2) is 0 Å². The number of hydrogen-bond acceptors (Lipinski definition) is 2. The molecule has 0 bridgehead atoms. The lowest BCUT2D eigenvalue weighted by atomic mass is 10.2. The first-order valence-corrected chi connectivity index (χ1v) is 3.09. The van der Waals surface area contributed by atoms with Gasteiger partial charge in [0.05, 0.1) is 12.9 Å². The molecule has 1 N–H and O–H groups in total. The number of aliphatic imine (C=N–C) groups is 1. The second kappa shape index (κ2) is 1.94. The summed E-state index contributed by atoms with van der Waals surface area (Å²) in [6, 6.07) is 0. The summed E-state index contributed by atoms with van der Waals surface area (Å²) in [6.45, 7) is 2.74. The molecule has 0 fully saturated rings. The molecule has 1 rings (SSSR count). The van der Waals surface area contributed by atoms with Crippen LogP contribution < -0.4 is 5.32 Å². The van der Waals surface area contributed by atoms with Crippen molar-refractivity contribution in [3.8, 4) is 0 Å². The maximum Gasteiger partial charge on any atom is 0.132 e. The summed E-state index contributed by atoms with van der Waals surface area (Å²) >= 11 is 5.92. The third kappa shape index (κ3) is 0.944. The van der Waals surface area contributed by atoms with Crippen molar-refractivity contribution in [3.63, 3.8) is 0 Å². The van der Waals surface area contributed by atoms with Gasteiger partial charge in [-0.2, -0.15) is 0 Å². The molecule has 0 amide bonds. The second-order valence-corrected chi connectivity index (χ2v) is 2.66. The highest BCUT2D eigenvalue weighted by Gasteiger charge is 2.25. The highest BCUT2D eigenvalue weighted by Crippen LogP contribution is 2.17. The van der Waals surface area contributed by atoms with E-state index in [0.717, 1.165) is 6.42 Å². The van der Waals surface area contributed by atoms with Crippen LogP contribution >= 0.6 is 11.6 Å². The molecule has 0 radical (unpaired) electrons. The molecule has 0 aromatic heterocycles. The van der Waals surface area contributed by atoms with Gasteiger partial charge >= 0.3 is 0 Å². The summed E-state index contributed by atoms with van der Waals surface area (Å²) in [6.07, 6.45) is 2.57. The predicted molar refractivity (Wildman–Crippen MR) is 35.4 cm³/mol. The Morgan fingerprint density at radius 3 is 3.00 bits per heavy atom. The van der Waals surface area contributed by atoms with Gasteiger partial charge in [0.2, 0.25) is 0 Å². The Hall–Kier alpha value is -0.240. The quantitative estimate of drug-likeness (QED) is 0.417. The lowest BCUT2D eigenvalue weighted by molar-refractivity contribution is 0.567. The van der Waals surface area contributed by atoms with Gasteiger partial charge < -0.3 is 5.32 Å². The van der Waals surface area contributed by atoms with E-state index >= 15 is 0 Å². The first-order chi connectivity index (χ1) is 3.77. The minimum absolute atomic E-state index is 0.264. The van der Waals surface area contributed by atoms with Crippen molar-refractivity contribution in [2.24, 2.45) is 4.99 Å². The van der Waals surface area contributed by atoms with Crippen LogP contribution in [0, 0.1) is 0 Å². The third-order valence-corrected chi connectivity index (χ3v) is 1.81. The van der Waals surface area contributed by atoms with Crippen LogP contribution in [0.25, 0.3) is 0 Å². The largest absolute Gasteiger partial charge is 0.356 e. The number of nitrogens with one attached hydrogen (secondary N) is 1. The van der Waals surface area contributed by atoms with Gasteiger partial charge in [-0.15, -0.1) is 0 Å². The molecule has 0 aromatic rings. The van der Waals surface area contributed by atoms with Crippen molar-refractivity contribution in [1.82, 2.24) is 5.32 Å². The summed E-state index contributed by atoms with van der Waals surface area (Å²) in [7, 11) is 0. The van der Waals surface area contributed by atoms with Crippen molar-refractivity contribution < 1.29 is 0 Å². The highest BCUT2D eigenvalue weighted by molar-refractivity contribution is 6.24. The number of alkyl halides is 1. The summed E-state index contributed by atoms with van der Waals surface area (Å²) in [5.74, 6) is 0. The van der Waals surface area contributed by atoms with E-state index in [4.69, 9.17) is 11.6 Å². The number of hydrogen-bond donors (Lipinski definition) is 1. The SMILES string of the molecule is CCC1(Cl)CN=CN1. The van der Waals surface area contributed by atoms with Crippen LogP contribution in [-0.4, -0.2) is 17.9 Å². The average molecular weight is 133 g/mol. The predicted octanol–water partition coefficient (Wildman–Crippen LogP) is 0.963. The van der Waals surface area contributed by atoms with Crippen LogP contribution in [0.1, 0.15) is 13.3 Å². The van der Waals surface area contributed by atoms with Gasteiger partial charge in [0.1, 0.15) is 5.00 Å². The highest BCUT2D eigenvalue weighted by atomic mass is 35.5. The number of rotatable bonds is 1. The molecule has 2 nitrogen and oxygen atoms in total. The molecular formula is C5H9ClN2. The fraction of sp³-hybridized carbons (Fsp3) is 0.800. The smallest absolute Gasteiger partial charge is 0.132 e. The zero-order chi connectivity index (χ0) is 6.04. The number of halogens is 1.